The number of amides is 5. The van der Waals surface area contributed by atoms with E-state index in [1.54, 1.807) is 23.8 Å². The van der Waals surface area contributed by atoms with Crippen LogP contribution in [0, 0.1) is 50.2 Å². The number of allylic oxidation sites excluding steroid dienone is 2. The van der Waals surface area contributed by atoms with E-state index in [9.17, 15) is 29.1 Å². The van der Waals surface area contributed by atoms with Crippen molar-refractivity contribution in [2.24, 2.45) is 50.2 Å². The SMILES string of the molecule is CC1(C)CC[C@]2(C(=O)NCCOCCOCCOCCNc3cccc4c3C(=O)N(C3CCC(=O)NC3=O)C4=O)CC[C@]3(C)C(=CC[C@@H]4[C@@]5(C)CC[C@H](O)C(C)(C)[C@@H]5CC[C@]43C)[C@@H]2C1. The van der Waals surface area contributed by atoms with E-state index in [2.05, 4.69) is 70.5 Å². The summed E-state index contributed by atoms with van der Waals surface area (Å²) >= 11 is 0. The molecule has 2 aliphatic heterocycles. The number of benzene rings is 1. The van der Waals surface area contributed by atoms with E-state index in [4.69, 9.17) is 14.2 Å². The summed E-state index contributed by atoms with van der Waals surface area (Å²) in [5.41, 5.74) is 2.61. The van der Waals surface area contributed by atoms with Gasteiger partial charge in [0.1, 0.15) is 6.04 Å². The van der Waals surface area contributed by atoms with Crippen molar-refractivity contribution in [2.75, 3.05) is 58.0 Å². The number of fused-ring (bicyclic) bond motifs is 8. The van der Waals surface area contributed by atoms with Crippen LogP contribution in [0.5, 0.6) is 0 Å². The second kappa shape index (κ2) is 17.5. The fraction of sp³-hybridized carbons (Fsp3) is 0.745. The maximum atomic E-state index is 14.5. The van der Waals surface area contributed by atoms with Crippen LogP contribution in [-0.4, -0.2) is 104 Å². The number of nitrogens with one attached hydrogen (secondary N) is 3. The zero-order valence-corrected chi connectivity index (χ0v) is 39.5. The second-order valence-corrected chi connectivity index (χ2v) is 22.4. The van der Waals surface area contributed by atoms with Crippen LogP contribution in [0.15, 0.2) is 29.8 Å². The zero-order chi connectivity index (χ0) is 45.9. The van der Waals surface area contributed by atoms with Crippen molar-refractivity contribution < 1.29 is 43.3 Å². The average Bonchev–Trinajstić information content (AvgIpc) is 3.50. The standard InChI is InChI=1S/C51H74N4O9/c1-46(2)19-21-51(22-20-49(6)33(34(51)31-46)11-13-38-48(5)17-16-39(56)47(3,4)37(48)15-18-50(38,49)7)45(61)53-24-26-63-28-30-64-29-27-62-25-23-52-35-10-8-9-32-41(35)44(60)55(43(32)59)36-12-14-40(57)54-42(36)58/h8-11,34,36-39,52,56H,12-31H2,1-7H3,(H,53,61)(H,54,57,58)/t34-,36?,37-,38+,39-,48-,49+,50+,51-/m0/s1. The molecule has 7 aliphatic rings. The Balaban J connectivity index is 0.762. The Hall–Kier alpha value is -3.65. The van der Waals surface area contributed by atoms with Gasteiger partial charge in [-0.2, -0.15) is 0 Å². The number of imide groups is 2. The third kappa shape index (κ3) is 7.85. The van der Waals surface area contributed by atoms with Crippen LogP contribution in [0.4, 0.5) is 5.69 Å². The highest BCUT2D eigenvalue weighted by molar-refractivity contribution is 6.25. The van der Waals surface area contributed by atoms with Crippen LogP contribution in [-0.2, 0) is 28.6 Å². The van der Waals surface area contributed by atoms with Gasteiger partial charge in [0.05, 0.1) is 62.3 Å². The molecule has 1 aromatic rings. The van der Waals surface area contributed by atoms with Crippen molar-refractivity contribution in [3.8, 4) is 0 Å². The van der Waals surface area contributed by atoms with E-state index < -0.39 is 35.1 Å². The van der Waals surface area contributed by atoms with Crippen molar-refractivity contribution in [1.82, 2.24) is 15.5 Å². The van der Waals surface area contributed by atoms with Crippen molar-refractivity contribution in [3.63, 3.8) is 0 Å². The highest BCUT2D eigenvalue weighted by Gasteiger charge is 2.69. The molecule has 13 heteroatoms. The number of ether oxygens (including phenoxy) is 3. The van der Waals surface area contributed by atoms with E-state index in [0.717, 1.165) is 56.3 Å². The Morgan fingerprint density at radius 3 is 2.20 bits per heavy atom. The quantitative estimate of drug-likeness (QED) is 0.0832. The minimum atomic E-state index is -1.02. The molecule has 0 aromatic heterocycles. The highest BCUT2D eigenvalue weighted by Crippen LogP contribution is 2.75. The lowest BCUT2D eigenvalue weighted by Gasteiger charge is -2.71. The molecule has 352 valence electrons. The average molecular weight is 887 g/mol. The van der Waals surface area contributed by atoms with Gasteiger partial charge in [-0.25, -0.2) is 0 Å². The number of carbonyl (C=O) groups excluding carboxylic acids is 5. The molecule has 2 heterocycles. The van der Waals surface area contributed by atoms with Gasteiger partial charge in [0.25, 0.3) is 11.8 Å². The first-order valence-corrected chi connectivity index (χ1v) is 24.3. The van der Waals surface area contributed by atoms with Gasteiger partial charge in [-0.3, -0.25) is 34.2 Å². The van der Waals surface area contributed by atoms with Crippen molar-refractivity contribution >= 4 is 35.2 Å². The third-order valence-electron chi connectivity index (χ3n) is 18.4. The smallest absolute Gasteiger partial charge is 0.264 e. The van der Waals surface area contributed by atoms with Gasteiger partial charge in [0, 0.05) is 25.2 Å². The first kappa shape index (κ1) is 46.9. The largest absolute Gasteiger partial charge is 0.393 e. The van der Waals surface area contributed by atoms with Gasteiger partial charge in [0.15, 0.2) is 0 Å². The molecule has 8 rings (SSSR count). The number of piperidine rings is 1. The van der Waals surface area contributed by atoms with E-state index >= 15 is 0 Å². The Morgan fingerprint density at radius 1 is 0.797 bits per heavy atom. The van der Waals surface area contributed by atoms with E-state index in [1.807, 2.05) is 0 Å². The molecular formula is C51H74N4O9. The van der Waals surface area contributed by atoms with Gasteiger partial charge in [-0.1, -0.05) is 66.2 Å². The molecular weight excluding hydrogens is 813 g/mol. The van der Waals surface area contributed by atoms with E-state index in [1.165, 1.54) is 12.8 Å². The fourth-order valence-corrected chi connectivity index (χ4v) is 14.5. The predicted octanol–water partition coefficient (Wildman–Crippen LogP) is 6.83. The molecule has 4 N–H and O–H groups in total. The van der Waals surface area contributed by atoms with Crippen LogP contribution in [0.1, 0.15) is 146 Å². The molecule has 5 fully saturated rings. The summed E-state index contributed by atoms with van der Waals surface area (Å²) in [6.45, 7) is 20.3. The van der Waals surface area contributed by atoms with Crippen molar-refractivity contribution in [2.45, 2.75) is 138 Å². The van der Waals surface area contributed by atoms with E-state index in [0.29, 0.717) is 70.3 Å². The number of rotatable bonds is 15. The summed E-state index contributed by atoms with van der Waals surface area (Å²) in [7, 11) is 0. The minimum Gasteiger partial charge on any atom is -0.393 e. The summed E-state index contributed by atoms with van der Waals surface area (Å²) in [4.78, 5) is 65.9. The number of aliphatic hydroxyl groups is 1. The predicted molar refractivity (Wildman–Crippen MR) is 242 cm³/mol. The maximum Gasteiger partial charge on any atom is 0.264 e. The molecule has 13 nitrogen and oxygen atoms in total. The molecule has 1 aromatic carbocycles. The van der Waals surface area contributed by atoms with Gasteiger partial charge in [0.2, 0.25) is 17.7 Å². The van der Waals surface area contributed by atoms with Gasteiger partial charge < -0.3 is 30.0 Å². The van der Waals surface area contributed by atoms with Crippen LogP contribution < -0.4 is 16.0 Å². The topological polar surface area (TPSA) is 173 Å². The van der Waals surface area contributed by atoms with Gasteiger partial charge >= 0.3 is 0 Å². The van der Waals surface area contributed by atoms with Crippen molar-refractivity contribution in [3.05, 3.63) is 41.0 Å². The summed E-state index contributed by atoms with van der Waals surface area (Å²) < 4.78 is 17.3. The first-order valence-electron chi connectivity index (χ1n) is 24.3. The summed E-state index contributed by atoms with van der Waals surface area (Å²) in [5, 5.41) is 19.8. The number of anilines is 1. The number of hydrogen-bond donors (Lipinski definition) is 4. The lowest BCUT2D eigenvalue weighted by atomic mass is 9.33. The van der Waals surface area contributed by atoms with Crippen LogP contribution >= 0.6 is 0 Å². The monoisotopic (exact) mass is 887 g/mol. The number of aliphatic hydroxyl groups excluding tert-OH is 1. The maximum absolute atomic E-state index is 14.5. The lowest BCUT2D eigenvalue weighted by Crippen LogP contribution is -2.65. The molecule has 0 spiro atoms. The Kier molecular flexibility index (Phi) is 12.8. The molecule has 4 saturated carbocycles. The molecule has 1 saturated heterocycles. The summed E-state index contributed by atoms with van der Waals surface area (Å²) in [5.74, 6) is -0.633. The van der Waals surface area contributed by atoms with E-state index in [-0.39, 0.29) is 69.0 Å². The number of nitrogens with zero attached hydrogens (tertiary/aromatic N) is 1. The molecule has 0 radical (unpaired) electrons. The Bertz CT molecular complexity index is 2050. The molecule has 64 heavy (non-hydrogen) atoms. The molecule has 9 atom stereocenters. The van der Waals surface area contributed by atoms with Crippen molar-refractivity contribution in [1.29, 1.82) is 0 Å². The number of carbonyl (C=O) groups is 5. The Labute approximate surface area is 379 Å². The second-order valence-electron chi connectivity index (χ2n) is 22.4. The summed E-state index contributed by atoms with van der Waals surface area (Å²) in [6, 6.07) is 3.94. The molecule has 5 amide bonds. The van der Waals surface area contributed by atoms with Crippen LogP contribution in [0.2, 0.25) is 0 Å². The lowest BCUT2D eigenvalue weighted by molar-refractivity contribution is -0.203. The highest BCUT2D eigenvalue weighted by atomic mass is 16.5. The van der Waals surface area contributed by atoms with Gasteiger partial charge in [-0.05, 0) is 128 Å². The zero-order valence-electron chi connectivity index (χ0n) is 39.5. The van der Waals surface area contributed by atoms with Crippen LogP contribution in [0.25, 0.3) is 0 Å². The normalized spacial score (nSPS) is 36.2. The minimum absolute atomic E-state index is 0.0505. The molecule has 0 bridgehead atoms. The Morgan fingerprint density at radius 2 is 1.48 bits per heavy atom. The molecule has 1 unspecified atom stereocenters. The summed E-state index contributed by atoms with van der Waals surface area (Å²) in [6.07, 6.45) is 13.0. The first-order chi connectivity index (χ1) is 30.3. The molecule has 5 aliphatic carbocycles. The number of hydrogen-bond acceptors (Lipinski definition) is 10. The fourth-order valence-electron chi connectivity index (χ4n) is 14.5. The van der Waals surface area contributed by atoms with Crippen LogP contribution in [0.3, 0.4) is 0 Å². The van der Waals surface area contributed by atoms with Gasteiger partial charge in [-0.15, -0.1) is 0 Å². The third-order valence-corrected chi connectivity index (χ3v) is 18.4.